The molecule has 0 heterocycles. The number of rotatable bonds is 18. The molecule has 1 N–H and O–H groups in total. The van der Waals surface area contributed by atoms with Crippen LogP contribution in [0.3, 0.4) is 0 Å². The Morgan fingerprint density at radius 3 is 1.46 bits per heavy atom. The average Bonchev–Trinajstić information content (AvgIpc) is 2.63. The van der Waals surface area contributed by atoms with Crippen molar-refractivity contribution < 1.29 is 24.2 Å². The van der Waals surface area contributed by atoms with Gasteiger partial charge in [-0.2, -0.15) is 0 Å². The molecule has 28 heavy (non-hydrogen) atoms. The Kier molecular flexibility index (Phi) is 24.4. The number of carbonyl (C=O) groups is 3. The zero-order valence-corrected chi connectivity index (χ0v) is 17.0. The van der Waals surface area contributed by atoms with Gasteiger partial charge < -0.3 is 9.84 Å². The van der Waals surface area contributed by atoms with Crippen LogP contribution in [0.15, 0.2) is 12.2 Å². The molecule has 0 atom stereocenters. The molecule has 0 aliphatic heterocycles. The average molecular weight is 425 g/mol. The molecule has 0 aromatic rings. The first-order valence-corrected chi connectivity index (χ1v) is 10.7. The monoisotopic (exact) mass is 424 g/mol. The van der Waals surface area contributed by atoms with Crippen LogP contribution in [0, 0.1) is 0 Å². The van der Waals surface area contributed by atoms with E-state index in [4.69, 9.17) is 5.11 Å². The van der Waals surface area contributed by atoms with Crippen LogP contribution in [-0.4, -0.2) is 60.8 Å². The number of carboxylic acids is 1. The van der Waals surface area contributed by atoms with Crippen molar-refractivity contribution in [2.75, 3.05) is 0 Å². The molecular formula is C22H40CaO5. The van der Waals surface area contributed by atoms with Crippen LogP contribution in [0.4, 0.5) is 0 Å². The molecule has 0 aromatic heterocycles. The van der Waals surface area contributed by atoms with Gasteiger partial charge in [-0.25, -0.2) is 9.59 Å². The van der Waals surface area contributed by atoms with Crippen molar-refractivity contribution in [2.24, 2.45) is 0 Å². The van der Waals surface area contributed by atoms with Gasteiger partial charge in [-0.05, 0) is 6.42 Å². The standard InChI is InChI=1S/C22H38O5.Ca.2H/c1-2-3-4-5-6-7-8-9-10-11-12-13-14-15-16-17-21(25)27-22(26)19-18-20(23)24;;;/h18-19H,2-17H2,1H3,(H,23,24);;;/b19-18+;;;. The van der Waals surface area contributed by atoms with E-state index < -0.39 is 17.9 Å². The molecule has 0 amide bonds. The molecule has 0 bridgehead atoms. The Morgan fingerprint density at radius 1 is 0.679 bits per heavy atom. The van der Waals surface area contributed by atoms with Gasteiger partial charge in [0, 0.05) is 18.6 Å². The predicted molar refractivity (Wildman–Crippen MR) is 116 cm³/mol. The maximum absolute atomic E-state index is 11.4. The van der Waals surface area contributed by atoms with E-state index >= 15 is 0 Å². The van der Waals surface area contributed by atoms with E-state index in [0.29, 0.717) is 12.5 Å². The molecule has 0 aliphatic carbocycles. The second kappa shape index (κ2) is 22.9. The van der Waals surface area contributed by atoms with Gasteiger partial charge in [0.2, 0.25) is 0 Å². The van der Waals surface area contributed by atoms with Crippen molar-refractivity contribution in [2.45, 2.75) is 110 Å². The summed E-state index contributed by atoms with van der Waals surface area (Å²) >= 11 is 0. The summed E-state index contributed by atoms with van der Waals surface area (Å²) in [5.41, 5.74) is 0. The van der Waals surface area contributed by atoms with Crippen LogP contribution in [0.1, 0.15) is 110 Å². The number of esters is 2. The molecule has 0 unspecified atom stereocenters. The molecule has 0 fully saturated rings. The molecule has 0 aromatic carbocycles. The quantitative estimate of drug-likeness (QED) is 0.110. The van der Waals surface area contributed by atoms with Crippen molar-refractivity contribution in [3.05, 3.63) is 12.2 Å². The van der Waals surface area contributed by atoms with E-state index in [-0.39, 0.29) is 44.2 Å². The SMILES string of the molecule is CCCCCCCCCCCCCCCCCC(=O)OC(=O)/C=C/C(=O)O.[CaH2]. The van der Waals surface area contributed by atoms with Crippen molar-refractivity contribution in [1.82, 2.24) is 0 Å². The number of hydrogen-bond acceptors (Lipinski definition) is 4. The minimum atomic E-state index is -1.25. The van der Waals surface area contributed by atoms with Crippen molar-refractivity contribution in [1.29, 1.82) is 0 Å². The molecule has 0 aliphatic rings. The van der Waals surface area contributed by atoms with Gasteiger partial charge in [0.1, 0.15) is 0 Å². The summed E-state index contributed by atoms with van der Waals surface area (Å²) in [6, 6.07) is 0. The third kappa shape index (κ3) is 23.6. The summed E-state index contributed by atoms with van der Waals surface area (Å²) in [4.78, 5) is 32.8. The molecule has 160 valence electrons. The second-order valence-corrected chi connectivity index (χ2v) is 7.16. The van der Waals surface area contributed by atoms with E-state index in [9.17, 15) is 14.4 Å². The van der Waals surface area contributed by atoms with Crippen LogP contribution in [0.2, 0.25) is 0 Å². The molecule has 0 saturated heterocycles. The molecule has 0 saturated carbocycles. The van der Waals surface area contributed by atoms with Gasteiger partial charge in [-0.1, -0.05) is 96.8 Å². The number of carbonyl (C=O) groups excluding carboxylic acids is 2. The van der Waals surface area contributed by atoms with Gasteiger partial charge in [0.25, 0.3) is 0 Å². The van der Waals surface area contributed by atoms with E-state index in [0.717, 1.165) is 18.9 Å². The van der Waals surface area contributed by atoms with Crippen molar-refractivity contribution >= 4 is 55.6 Å². The number of aliphatic carboxylic acids is 1. The van der Waals surface area contributed by atoms with E-state index in [2.05, 4.69) is 11.7 Å². The third-order valence-electron chi connectivity index (χ3n) is 4.56. The molecule has 0 spiro atoms. The molecular weight excluding hydrogens is 384 g/mol. The first kappa shape index (κ1) is 29.8. The van der Waals surface area contributed by atoms with Gasteiger partial charge in [-0.15, -0.1) is 0 Å². The Balaban J connectivity index is 0. The number of carboxylic acid groups (broad SMARTS) is 1. The summed E-state index contributed by atoms with van der Waals surface area (Å²) in [7, 11) is 0. The zero-order valence-electron chi connectivity index (χ0n) is 17.0. The topological polar surface area (TPSA) is 80.7 Å². The van der Waals surface area contributed by atoms with Crippen LogP contribution in [0.25, 0.3) is 0 Å². The Bertz CT molecular complexity index is 435. The van der Waals surface area contributed by atoms with Crippen LogP contribution in [0.5, 0.6) is 0 Å². The van der Waals surface area contributed by atoms with Crippen molar-refractivity contribution in [3.8, 4) is 0 Å². The minimum absolute atomic E-state index is 0. The fourth-order valence-corrected chi connectivity index (χ4v) is 2.98. The Labute approximate surface area is 200 Å². The second-order valence-electron chi connectivity index (χ2n) is 7.16. The van der Waals surface area contributed by atoms with E-state index in [1.165, 1.54) is 77.0 Å². The van der Waals surface area contributed by atoms with Crippen LogP contribution >= 0.6 is 0 Å². The number of hydrogen-bond donors (Lipinski definition) is 1. The molecule has 5 nitrogen and oxygen atoms in total. The van der Waals surface area contributed by atoms with Gasteiger partial charge in [0.05, 0.1) is 0 Å². The normalized spacial score (nSPS) is 10.6. The fraction of sp³-hybridized carbons (Fsp3) is 0.773. The number of unbranched alkanes of at least 4 members (excludes halogenated alkanes) is 14. The summed E-state index contributed by atoms with van der Waals surface area (Å²) < 4.78 is 4.49. The predicted octanol–water partition coefficient (Wildman–Crippen LogP) is 5.04. The number of ether oxygens (including phenoxy) is 1. The van der Waals surface area contributed by atoms with Crippen LogP contribution < -0.4 is 0 Å². The van der Waals surface area contributed by atoms with E-state index in [1.807, 2.05) is 0 Å². The first-order valence-electron chi connectivity index (χ1n) is 10.7. The summed E-state index contributed by atoms with van der Waals surface area (Å²) in [5, 5.41) is 8.37. The van der Waals surface area contributed by atoms with Crippen LogP contribution in [-0.2, 0) is 19.1 Å². The molecule has 0 radical (unpaired) electrons. The van der Waals surface area contributed by atoms with Crippen molar-refractivity contribution in [3.63, 3.8) is 0 Å². The first-order chi connectivity index (χ1) is 13.1. The summed E-state index contributed by atoms with van der Waals surface area (Å²) in [6.07, 6.45) is 20.4. The third-order valence-corrected chi connectivity index (χ3v) is 4.56. The van der Waals surface area contributed by atoms with Gasteiger partial charge in [0.15, 0.2) is 0 Å². The van der Waals surface area contributed by atoms with E-state index in [1.54, 1.807) is 0 Å². The zero-order chi connectivity index (χ0) is 20.2. The maximum atomic E-state index is 11.4. The Hall–Kier alpha value is -0.390. The molecule has 0 rings (SSSR count). The molecule has 6 heteroatoms. The van der Waals surface area contributed by atoms with Gasteiger partial charge in [-0.3, -0.25) is 4.79 Å². The summed E-state index contributed by atoms with van der Waals surface area (Å²) in [5.74, 6) is -2.77. The fourth-order valence-electron chi connectivity index (χ4n) is 2.98. The van der Waals surface area contributed by atoms with Gasteiger partial charge >= 0.3 is 55.6 Å². The Morgan fingerprint density at radius 2 is 1.07 bits per heavy atom. The summed E-state index contributed by atoms with van der Waals surface area (Å²) in [6.45, 7) is 2.25.